The first-order valence-corrected chi connectivity index (χ1v) is 7.97. The molecule has 0 heterocycles. The summed E-state index contributed by atoms with van der Waals surface area (Å²) >= 11 is 0. The zero-order valence-electron chi connectivity index (χ0n) is 15.0. The second kappa shape index (κ2) is 17.0. The third-order valence-electron chi connectivity index (χ3n) is 2.53. The second-order valence-electron chi connectivity index (χ2n) is 3.69. The molecule has 0 N–H and O–H groups in total. The van der Waals surface area contributed by atoms with Crippen LogP contribution in [0.2, 0.25) is 0 Å². The van der Waals surface area contributed by atoms with Gasteiger partial charge in [-0.3, -0.25) is 0 Å². The molecule has 114 valence electrons. The summed E-state index contributed by atoms with van der Waals surface area (Å²) in [6.07, 6.45) is 1.10. The normalized spacial score (nSPS) is 8.16. The highest BCUT2D eigenvalue weighted by Crippen LogP contribution is 2.20. The molecule has 0 fully saturated rings. The van der Waals surface area contributed by atoms with E-state index in [4.69, 9.17) is 0 Å². The van der Waals surface area contributed by atoms with Gasteiger partial charge in [-0.1, -0.05) is 66.7 Å². The van der Waals surface area contributed by atoms with Gasteiger partial charge < -0.3 is 4.90 Å². The van der Waals surface area contributed by atoms with Gasteiger partial charge in [-0.2, -0.15) is 0 Å². The van der Waals surface area contributed by atoms with Crippen LogP contribution in [0.1, 0.15) is 67.9 Å². The van der Waals surface area contributed by atoms with Gasteiger partial charge in [0.1, 0.15) is 0 Å². The number of hydrogen-bond donors (Lipinski definition) is 0. The van der Waals surface area contributed by atoms with Crippen molar-refractivity contribution in [1.82, 2.24) is 0 Å². The molecule has 0 unspecified atom stereocenters. The van der Waals surface area contributed by atoms with Crippen molar-refractivity contribution in [2.24, 2.45) is 0 Å². The van der Waals surface area contributed by atoms with Gasteiger partial charge >= 0.3 is 0 Å². The van der Waals surface area contributed by atoms with E-state index >= 15 is 0 Å². The van der Waals surface area contributed by atoms with Gasteiger partial charge in [0, 0.05) is 18.8 Å². The average molecular weight is 268 g/mol. The lowest BCUT2D eigenvalue weighted by Crippen LogP contribution is -2.26. The Morgan fingerprint density at radius 2 is 1.32 bits per heavy atom. The highest BCUT2D eigenvalue weighted by atomic mass is 15.1. The Labute approximate surface area is 123 Å². The van der Waals surface area contributed by atoms with E-state index in [9.17, 15) is 0 Å². The summed E-state index contributed by atoms with van der Waals surface area (Å²) in [5.41, 5.74) is 2.79. The van der Waals surface area contributed by atoms with Crippen LogP contribution in [0.4, 0.5) is 5.69 Å². The molecule has 1 aromatic carbocycles. The first kappa shape index (κ1) is 23.1. The van der Waals surface area contributed by atoms with Crippen molar-refractivity contribution >= 4 is 5.69 Å². The maximum Gasteiger partial charge on any atom is 0.0398 e. The van der Waals surface area contributed by atoms with Crippen molar-refractivity contribution in [2.45, 2.75) is 74.8 Å². The summed E-state index contributed by atoms with van der Waals surface area (Å²) in [4.78, 5) is 2.32. The molecule has 0 radical (unpaired) electrons. The van der Waals surface area contributed by atoms with E-state index in [0.717, 1.165) is 6.42 Å². The molecule has 0 saturated carbocycles. The third kappa shape index (κ3) is 9.58. The zero-order valence-corrected chi connectivity index (χ0v) is 15.0. The molecule has 0 bridgehead atoms. The molecule has 0 aliphatic rings. The molecule has 0 aromatic heterocycles. The van der Waals surface area contributed by atoms with Crippen molar-refractivity contribution in [3.63, 3.8) is 0 Å². The van der Waals surface area contributed by atoms with E-state index in [1.165, 1.54) is 11.3 Å². The van der Waals surface area contributed by atoms with Crippen LogP contribution in [0.25, 0.3) is 0 Å². The Morgan fingerprint density at radius 3 is 1.68 bits per heavy atom. The van der Waals surface area contributed by atoms with Gasteiger partial charge in [0.25, 0.3) is 0 Å². The van der Waals surface area contributed by atoms with Gasteiger partial charge in [0.2, 0.25) is 0 Å². The van der Waals surface area contributed by atoms with E-state index in [2.05, 4.69) is 57.0 Å². The predicted molar refractivity (Wildman–Crippen MR) is 93.4 cm³/mol. The summed E-state index contributed by atoms with van der Waals surface area (Å²) in [5.74, 6) is 0. The lowest BCUT2D eigenvalue weighted by molar-refractivity contribution is 0.750. The van der Waals surface area contributed by atoms with Crippen molar-refractivity contribution in [3.8, 4) is 0 Å². The van der Waals surface area contributed by atoms with Crippen molar-refractivity contribution in [2.75, 3.05) is 11.9 Å². The van der Waals surface area contributed by atoms with Gasteiger partial charge in [-0.25, -0.2) is 0 Å². The van der Waals surface area contributed by atoms with Gasteiger partial charge in [-0.15, -0.1) is 0 Å². The van der Waals surface area contributed by atoms with E-state index in [0.29, 0.717) is 6.04 Å². The number of benzene rings is 1. The molecule has 0 atom stereocenters. The molecule has 0 amide bonds. The number of rotatable bonds is 3. The Balaban J connectivity index is -0.000000375. The highest BCUT2D eigenvalue weighted by Gasteiger charge is 2.07. The van der Waals surface area contributed by atoms with Gasteiger partial charge in [0.05, 0.1) is 0 Å². The first-order chi connectivity index (χ1) is 9.16. The number of hydrogen-bond acceptors (Lipinski definition) is 1. The van der Waals surface area contributed by atoms with E-state index in [1.807, 2.05) is 41.5 Å². The van der Waals surface area contributed by atoms with Crippen molar-refractivity contribution in [1.29, 1.82) is 0 Å². The Morgan fingerprint density at radius 1 is 0.895 bits per heavy atom. The maximum atomic E-state index is 2.32. The minimum atomic E-state index is 0.563. The number of aryl methyl sites for hydroxylation is 1. The average Bonchev–Trinajstić information content (AvgIpc) is 2.52. The Bertz CT molecular complexity index is 266. The fourth-order valence-electron chi connectivity index (χ4n) is 1.43. The summed E-state index contributed by atoms with van der Waals surface area (Å²) in [6.45, 7) is 18.6. The van der Waals surface area contributed by atoms with Crippen LogP contribution in [-0.4, -0.2) is 13.1 Å². The molecule has 1 aromatic rings. The van der Waals surface area contributed by atoms with Crippen LogP contribution in [0.15, 0.2) is 24.3 Å². The van der Waals surface area contributed by atoms with Crippen LogP contribution in [0.5, 0.6) is 0 Å². The topological polar surface area (TPSA) is 3.24 Å². The zero-order chi connectivity index (χ0) is 15.8. The largest absolute Gasteiger partial charge is 0.372 e. The summed E-state index contributed by atoms with van der Waals surface area (Å²) in [7, 11) is 2.15. The molecule has 0 saturated heterocycles. The van der Waals surface area contributed by atoms with Crippen LogP contribution >= 0.6 is 0 Å². The van der Waals surface area contributed by atoms with E-state index in [1.54, 1.807) is 0 Å². The monoisotopic (exact) mass is 267 g/mol. The van der Waals surface area contributed by atoms with Crippen LogP contribution < -0.4 is 4.90 Å². The predicted octanol–water partition coefficient (Wildman–Crippen LogP) is 6.17. The molecule has 0 aliphatic heterocycles. The number of nitrogens with zero attached hydrogens (tertiary/aromatic N) is 1. The van der Waals surface area contributed by atoms with E-state index < -0.39 is 0 Å². The maximum absolute atomic E-state index is 2.32. The third-order valence-corrected chi connectivity index (χ3v) is 2.53. The fraction of sp³-hybridized carbons (Fsp3) is 0.667. The van der Waals surface area contributed by atoms with Gasteiger partial charge in [0.15, 0.2) is 0 Å². The summed E-state index contributed by atoms with van der Waals surface area (Å²) in [5, 5.41) is 0. The molecular formula is C18H37N. The molecule has 0 aliphatic carbocycles. The molecule has 1 nitrogen and oxygen atoms in total. The quantitative estimate of drug-likeness (QED) is 0.632. The second-order valence-corrected chi connectivity index (χ2v) is 3.69. The van der Waals surface area contributed by atoms with Crippen molar-refractivity contribution in [3.05, 3.63) is 29.8 Å². The van der Waals surface area contributed by atoms with Crippen LogP contribution in [0.3, 0.4) is 0 Å². The first-order valence-electron chi connectivity index (χ1n) is 7.97. The number of anilines is 1. The molecule has 19 heavy (non-hydrogen) atoms. The smallest absolute Gasteiger partial charge is 0.0398 e. The summed E-state index contributed by atoms with van der Waals surface area (Å²) in [6, 6.07) is 9.17. The molecular weight excluding hydrogens is 230 g/mol. The van der Waals surface area contributed by atoms with Gasteiger partial charge in [-0.05, 0) is 31.9 Å². The van der Waals surface area contributed by atoms with Crippen molar-refractivity contribution < 1.29 is 0 Å². The highest BCUT2D eigenvalue weighted by molar-refractivity contribution is 5.53. The minimum Gasteiger partial charge on any atom is -0.372 e. The Hall–Kier alpha value is -0.980. The minimum absolute atomic E-state index is 0.563. The lowest BCUT2D eigenvalue weighted by Gasteiger charge is -2.26. The van der Waals surface area contributed by atoms with Crippen LogP contribution in [-0.2, 0) is 6.42 Å². The standard InChI is InChI=1S/C12H19N.3C2H6/c1-5-11-8-6-7-9-12(11)13(4)10(2)3;3*1-2/h6-10H,5H2,1-4H3;3*1-2H3. The van der Waals surface area contributed by atoms with E-state index in [-0.39, 0.29) is 0 Å². The Kier molecular flexibility index (Phi) is 20.7. The molecule has 1 heteroatoms. The summed E-state index contributed by atoms with van der Waals surface area (Å²) < 4.78 is 0. The molecule has 0 spiro atoms. The lowest BCUT2D eigenvalue weighted by atomic mass is 10.1. The molecule has 1 rings (SSSR count). The number of para-hydroxylation sites is 1. The SMILES string of the molecule is CC.CC.CC.CCc1ccccc1N(C)C(C)C. The van der Waals surface area contributed by atoms with Crippen LogP contribution in [0, 0.1) is 0 Å². The fourth-order valence-corrected chi connectivity index (χ4v) is 1.43.